The highest BCUT2D eigenvalue weighted by Gasteiger charge is 2.27. The van der Waals surface area contributed by atoms with Gasteiger partial charge in [0, 0.05) is 12.6 Å². The van der Waals surface area contributed by atoms with Gasteiger partial charge in [-0.15, -0.1) is 0 Å². The van der Waals surface area contributed by atoms with Gasteiger partial charge in [-0.3, -0.25) is 10.2 Å². The Hall–Kier alpha value is -3.15. The molecule has 3 rings (SSSR count). The summed E-state index contributed by atoms with van der Waals surface area (Å²) >= 11 is 0. The molecule has 0 atom stereocenters. The number of carbonyl (C=O) groups is 2. The maximum atomic E-state index is 12.4. The molecule has 0 unspecified atom stereocenters. The van der Waals surface area contributed by atoms with Crippen molar-refractivity contribution in [3.63, 3.8) is 0 Å². The van der Waals surface area contributed by atoms with Gasteiger partial charge in [0.15, 0.2) is 0 Å². The Morgan fingerprint density at radius 1 is 1.08 bits per heavy atom. The Labute approximate surface area is 140 Å². The molecule has 1 N–H and O–H groups in total. The number of hydrogen-bond donors (Lipinski definition) is 1. The Balaban J connectivity index is 1.78. The van der Waals surface area contributed by atoms with Crippen molar-refractivity contribution in [3.8, 4) is 0 Å². The lowest BCUT2D eigenvalue weighted by molar-refractivity contribution is 0.0803. The summed E-state index contributed by atoms with van der Waals surface area (Å²) < 4.78 is 0. The number of aryl methyl sites for hydroxylation is 1. The minimum Gasteiger partial charge on any atom is -0.267 e. The van der Waals surface area contributed by atoms with E-state index in [2.05, 4.69) is 10.5 Å². The molecule has 3 amide bonds. The summed E-state index contributed by atoms with van der Waals surface area (Å²) in [5.74, 6) is -0.328. The second-order valence-corrected chi connectivity index (χ2v) is 5.61. The number of hydrogen-bond acceptors (Lipinski definition) is 3. The van der Waals surface area contributed by atoms with Crippen LogP contribution in [0.15, 0.2) is 59.7 Å². The van der Waals surface area contributed by atoms with E-state index in [1.54, 1.807) is 19.2 Å². The van der Waals surface area contributed by atoms with Crippen LogP contribution in [0.5, 0.6) is 0 Å². The molecule has 6 heteroatoms. The second kappa shape index (κ2) is 6.54. The van der Waals surface area contributed by atoms with E-state index in [1.807, 2.05) is 49.4 Å². The number of nitrogens with zero attached hydrogens (tertiary/aromatic N) is 3. The first-order valence-corrected chi connectivity index (χ1v) is 7.60. The number of hydrazine groups is 1. The largest absolute Gasteiger partial charge is 0.359 e. The third-order valence-corrected chi connectivity index (χ3v) is 3.74. The van der Waals surface area contributed by atoms with E-state index in [0.29, 0.717) is 11.3 Å². The van der Waals surface area contributed by atoms with Gasteiger partial charge < -0.3 is 0 Å². The summed E-state index contributed by atoms with van der Waals surface area (Å²) in [6.07, 6.45) is 0. The fourth-order valence-electron chi connectivity index (χ4n) is 2.41. The first kappa shape index (κ1) is 15.7. The molecule has 6 nitrogen and oxygen atoms in total. The average Bonchev–Trinajstić information content (AvgIpc) is 2.60. The molecule has 1 heterocycles. The van der Waals surface area contributed by atoms with Gasteiger partial charge in [-0.05, 0) is 24.6 Å². The number of rotatable bonds is 3. The van der Waals surface area contributed by atoms with Crippen LogP contribution in [0.3, 0.4) is 0 Å². The van der Waals surface area contributed by atoms with Crippen LogP contribution in [-0.2, 0) is 0 Å². The van der Waals surface area contributed by atoms with Crippen molar-refractivity contribution >= 4 is 17.6 Å². The summed E-state index contributed by atoms with van der Waals surface area (Å²) in [4.78, 5) is 24.6. The first-order valence-electron chi connectivity index (χ1n) is 7.60. The molecule has 0 radical (unpaired) electrons. The Morgan fingerprint density at radius 2 is 1.75 bits per heavy atom. The fraction of sp³-hybridized carbons (Fsp3) is 0.167. The van der Waals surface area contributed by atoms with E-state index in [1.165, 1.54) is 10.0 Å². The third-order valence-electron chi connectivity index (χ3n) is 3.74. The van der Waals surface area contributed by atoms with Crippen molar-refractivity contribution in [2.45, 2.75) is 6.92 Å². The van der Waals surface area contributed by atoms with E-state index < -0.39 is 0 Å². The quantitative estimate of drug-likeness (QED) is 0.943. The summed E-state index contributed by atoms with van der Waals surface area (Å²) in [6, 6.07) is 16.4. The minimum atomic E-state index is -0.379. The van der Waals surface area contributed by atoms with Gasteiger partial charge in [-0.1, -0.05) is 48.0 Å². The van der Waals surface area contributed by atoms with Gasteiger partial charge in [0.05, 0.1) is 12.3 Å². The monoisotopic (exact) mass is 322 g/mol. The minimum absolute atomic E-state index is 0.213. The molecule has 2 aromatic rings. The zero-order valence-electron chi connectivity index (χ0n) is 13.6. The van der Waals surface area contributed by atoms with Crippen LogP contribution in [0.1, 0.15) is 21.5 Å². The third kappa shape index (κ3) is 3.27. The Morgan fingerprint density at radius 3 is 2.42 bits per heavy atom. The number of urea groups is 1. The molecule has 1 aliphatic rings. The highest BCUT2D eigenvalue weighted by atomic mass is 16.2. The molecule has 0 saturated carbocycles. The molecule has 0 fully saturated rings. The lowest BCUT2D eigenvalue weighted by Gasteiger charge is -2.31. The summed E-state index contributed by atoms with van der Waals surface area (Å²) in [5, 5.41) is 6.78. The molecule has 122 valence electrons. The second-order valence-electron chi connectivity index (χ2n) is 5.61. The lowest BCUT2D eigenvalue weighted by atomic mass is 10.1. The van der Waals surface area contributed by atoms with Crippen molar-refractivity contribution < 1.29 is 9.59 Å². The summed E-state index contributed by atoms with van der Waals surface area (Å²) in [5.41, 5.74) is 5.84. The van der Waals surface area contributed by atoms with Crippen LogP contribution in [0.25, 0.3) is 0 Å². The zero-order chi connectivity index (χ0) is 17.1. The molecule has 0 aromatic heterocycles. The Bertz CT molecular complexity index is 784. The predicted octanol–water partition coefficient (Wildman–Crippen LogP) is 2.41. The van der Waals surface area contributed by atoms with Crippen LogP contribution in [-0.4, -0.2) is 41.3 Å². The molecule has 2 aromatic carbocycles. The van der Waals surface area contributed by atoms with E-state index in [0.717, 1.165) is 11.1 Å². The van der Waals surface area contributed by atoms with Gasteiger partial charge in [0.1, 0.15) is 0 Å². The van der Waals surface area contributed by atoms with Crippen molar-refractivity contribution in [1.29, 1.82) is 0 Å². The molecule has 0 saturated heterocycles. The molecule has 24 heavy (non-hydrogen) atoms. The van der Waals surface area contributed by atoms with Crippen molar-refractivity contribution in [1.82, 2.24) is 15.4 Å². The summed E-state index contributed by atoms with van der Waals surface area (Å²) in [7, 11) is 1.56. The zero-order valence-corrected chi connectivity index (χ0v) is 13.6. The van der Waals surface area contributed by atoms with Crippen LogP contribution in [0, 0.1) is 6.92 Å². The maximum Gasteiger partial charge on any atom is 0.359 e. The molecular weight excluding hydrogens is 304 g/mol. The number of amides is 3. The number of benzene rings is 2. The van der Waals surface area contributed by atoms with E-state index in [9.17, 15) is 9.59 Å². The van der Waals surface area contributed by atoms with Gasteiger partial charge in [-0.25, -0.2) is 14.8 Å². The SMILES string of the molecule is Cc1ccc(C(=O)NN2CC(c3ccccc3)=NN(C)C2=O)cc1. The highest BCUT2D eigenvalue weighted by molar-refractivity contribution is 6.06. The van der Waals surface area contributed by atoms with Crippen LogP contribution >= 0.6 is 0 Å². The normalized spacial score (nSPS) is 14.4. The molecule has 1 aliphatic heterocycles. The highest BCUT2D eigenvalue weighted by Crippen LogP contribution is 2.11. The first-order chi connectivity index (χ1) is 11.5. The predicted molar refractivity (Wildman–Crippen MR) is 91.5 cm³/mol. The van der Waals surface area contributed by atoms with E-state index in [-0.39, 0.29) is 18.5 Å². The smallest absolute Gasteiger partial charge is 0.267 e. The van der Waals surface area contributed by atoms with Crippen LogP contribution < -0.4 is 5.43 Å². The van der Waals surface area contributed by atoms with Crippen molar-refractivity contribution in [2.75, 3.05) is 13.6 Å². The van der Waals surface area contributed by atoms with Gasteiger partial charge >= 0.3 is 6.03 Å². The lowest BCUT2D eigenvalue weighted by Crippen LogP contribution is -2.55. The van der Waals surface area contributed by atoms with E-state index in [4.69, 9.17) is 0 Å². The van der Waals surface area contributed by atoms with Gasteiger partial charge in [0.2, 0.25) is 0 Å². The number of nitrogens with one attached hydrogen (secondary N) is 1. The maximum absolute atomic E-state index is 12.4. The average molecular weight is 322 g/mol. The fourth-order valence-corrected chi connectivity index (χ4v) is 2.41. The van der Waals surface area contributed by atoms with Crippen molar-refractivity contribution in [3.05, 3.63) is 71.3 Å². The number of carbonyl (C=O) groups excluding carboxylic acids is 2. The van der Waals surface area contributed by atoms with Gasteiger partial charge in [0.25, 0.3) is 5.91 Å². The summed E-state index contributed by atoms with van der Waals surface area (Å²) in [6.45, 7) is 2.16. The van der Waals surface area contributed by atoms with Crippen LogP contribution in [0.4, 0.5) is 4.79 Å². The Kier molecular flexibility index (Phi) is 4.29. The van der Waals surface area contributed by atoms with Gasteiger partial charge in [-0.2, -0.15) is 5.10 Å². The topological polar surface area (TPSA) is 65.0 Å². The van der Waals surface area contributed by atoms with E-state index >= 15 is 0 Å². The molecular formula is C18H18N4O2. The molecule has 0 spiro atoms. The standard InChI is InChI=1S/C18H18N4O2/c1-13-8-10-15(11-9-13)17(23)20-22-12-16(19-21(2)18(22)24)14-6-4-3-5-7-14/h3-11H,12H2,1-2H3,(H,20,23). The van der Waals surface area contributed by atoms with Crippen molar-refractivity contribution in [2.24, 2.45) is 5.10 Å². The molecule has 0 aliphatic carbocycles. The molecule has 0 bridgehead atoms. The number of hydrazone groups is 1. The van der Waals surface area contributed by atoms with Crippen LogP contribution in [0.2, 0.25) is 0 Å².